The number of carbonyl (C=O) groups excluding carboxylic acids is 1. The van der Waals surface area contributed by atoms with Crippen LogP contribution in [-0.4, -0.2) is 63.4 Å². The van der Waals surface area contributed by atoms with E-state index < -0.39 is 5.54 Å². The number of likely N-dealkylation sites (N-methyl/N-ethyl adjacent to an activating group) is 1. The van der Waals surface area contributed by atoms with Crippen LogP contribution in [0.2, 0.25) is 0 Å². The minimum atomic E-state index is -0.558. The molecule has 0 aromatic carbocycles. The molecule has 1 atom stereocenters. The van der Waals surface area contributed by atoms with Crippen molar-refractivity contribution in [3.63, 3.8) is 0 Å². The predicted octanol–water partition coefficient (Wildman–Crippen LogP) is 2.06. The lowest BCUT2D eigenvalue weighted by Gasteiger charge is -2.29. The van der Waals surface area contributed by atoms with Gasteiger partial charge in [-0.15, -0.1) is 0 Å². The fourth-order valence-corrected chi connectivity index (χ4v) is 2.17. The minimum Gasteiger partial charge on any atom is -0.465 e. The van der Waals surface area contributed by atoms with Crippen LogP contribution in [-0.2, 0) is 14.3 Å². The fourth-order valence-electron chi connectivity index (χ4n) is 2.17. The number of rotatable bonds is 13. The van der Waals surface area contributed by atoms with Crippen LogP contribution in [0.15, 0.2) is 0 Å². The Morgan fingerprint density at radius 3 is 2.52 bits per heavy atom. The zero-order chi connectivity index (χ0) is 16.1. The van der Waals surface area contributed by atoms with E-state index in [4.69, 9.17) is 9.47 Å². The van der Waals surface area contributed by atoms with Crippen LogP contribution in [0.4, 0.5) is 0 Å². The van der Waals surface area contributed by atoms with Crippen LogP contribution in [0.5, 0.6) is 0 Å². The molecule has 0 aromatic heterocycles. The van der Waals surface area contributed by atoms with E-state index in [0.717, 1.165) is 51.9 Å². The molecule has 0 bridgehead atoms. The topological polar surface area (TPSA) is 50.8 Å². The first-order valence-corrected chi connectivity index (χ1v) is 8.09. The maximum absolute atomic E-state index is 12.1. The van der Waals surface area contributed by atoms with E-state index in [9.17, 15) is 4.79 Å². The molecule has 0 saturated heterocycles. The SMILES string of the molecule is CCCNC(C)(CCCCN(C)CCOC)C(=O)OCC. The number of methoxy groups -OCH3 is 1. The molecule has 5 heteroatoms. The minimum absolute atomic E-state index is 0.133. The summed E-state index contributed by atoms with van der Waals surface area (Å²) in [5.74, 6) is -0.133. The molecule has 0 aromatic rings. The summed E-state index contributed by atoms with van der Waals surface area (Å²) in [6, 6.07) is 0. The molecule has 0 aliphatic rings. The highest BCUT2D eigenvalue weighted by Gasteiger charge is 2.33. The molecule has 0 radical (unpaired) electrons. The van der Waals surface area contributed by atoms with Gasteiger partial charge in [-0.2, -0.15) is 0 Å². The van der Waals surface area contributed by atoms with E-state index in [-0.39, 0.29) is 5.97 Å². The van der Waals surface area contributed by atoms with Gasteiger partial charge >= 0.3 is 5.97 Å². The average Bonchev–Trinajstić information content (AvgIpc) is 2.47. The van der Waals surface area contributed by atoms with Crippen LogP contribution >= 0.6 is 0 Å². The first-order valence-electron chi connectivity index (χ1n) is 8.09. The van der Waals surface area contributed by atoms with Gasteiger partial charge in [0, 0.05) is 13.7 Å². The van der Waals surface area contributed by atoms with Crippen molar-refractivity contribution >= 4 is 5.97 Å². The number of esters is 1. The lowest BCUT2D eigenvalue weighted by atomic mass is 9.94. The molecule has 0 fully saturated rings. The van der Waals surface area contributed by atoms with E-state index in [1.807, 2.05) is 13.8 Å². The van der Waals surface area contributed by atoms with E-state index >= 15 is 0 Å². The maximum atomic E-state index is 12.1. The third-order valence-electron chi connectivity index (χ3n) is 3.63. The van der Waals surface area contributed by atoms with Crippen molar-refractivity contribution in [3.05, 3.63) is 0 Å². The van der Waals surface area contributed by atoms with Gasteiger partial charge in [0.15, 0.2) is 0 Å². The van der Waals surface area contributed by atoms with E-state index in [1.54, 1.807) is 7.11 Å². The Morgan fingerprint density at radius 1 is 1.24 bits per heavy atom. The van der Waals surface area contributed by atoms with Crippen molar-refractivity contribution in [2.45, 2.75) is 52.0 Å². The fraction of sp³-hybridized carbons (Fsp3) is 0.938. The first-order chi connectivity index (χ1) is 10.00. The Balaban J connectivity index is 4.14. The van der Waals surface area contributed by atoms with Crippen molar-refractivity contribution in [1.82, 2.24) is 10.2 Å². The van der Waals surface area contributed by atoms with E-state index in [1.165, 1.54) is 0 Å². The van der Waals surface area contributed by atoms with Gasteiger partial charge in [-0.05, 0) is 59.7 Å². The second-order valence-electron chi connectivity index (χ2n) is 5.73. The molecule has 0 amide bonds. The largest absolute Gasteiger partial charge is 0.465 e. The summed E-state index contributed by atoms with van der Waals surface area (Å²) in [4.78, 5) is 14.4. The van der Waals surface area contributed by atoms with Gasteiger partial charge in [0.25, 0.3) is 0 Å². The summed E-state index contributed by atoms with van der Waals surface area (Å²) in [7, 11) is 3.82. The summed E-state index contributed by atoms with van der Waals surface area (Å²) in [6.45, 7) is 9.90. The number of nitrogens with zero attached hydrogens (tertiary/aromatic N) is 1. The lowest BCUT2D eigenvalue weighted by Crippen LogP contribution is -2.50. The predicted molar refractivity (Wildman–Crippen MR) is 86.6 cm³/mol. The Morgan fingerprint density at radius 2 is 1.95 bits per heavy atom. The normalized spacial score (nSPS) is 14.2. The molecule has 21 heavy (non-hydrogen) atoms. The van der Waals surface area contributed by atoms with Gasteiger partial charge in [0.1, 0.15) is 5.54 Å². The molecule has 0 aliphatic carbocycles. The Bertz CT molecular complexity index is 274. The highest BCUT2D eigenvalue weighted by Crippen LogP contribution is 2.16. The number of nitrogens with one attached hydrogen (secondary N) is 1. The smallest absolute Gasteiger partial charge is 0.326 e. The molecule has 0 heterocycles. The molecule has 1 N–H and O–H groups in total. The van der Waals surface area contributed by atoms with Crippen molar-refractivity contribution in [3.8, 4) is 0 Å². The molecule has 0 aliphatic heterocycles. The molecule has 126 valence electrons. The molecule has 0 rings (SSSR count). The monoisotopic (exact) mass is 302 g/mol. The summed E-state index contributed by atoms with van der Waals surface area (Å²) in [5, 5.41) is 3.34. The standard InChI is InChI=1S/C16H34N2O3/c1-6-11-17-16(3,15(19)21-7-2)10-8-9-12-18(4)13-14-20-5/h17H,6-14H2,1-5H3. The van der Waals surface area contributed by atoms with Crippen LogP contribution < -0.4 is 5.32 Å². The second-order valence-corrected chi connectivity index (χ2v) is 5.73. The number of carbonyl (C=O) groups is 1. The van der Waals surface area contributed by atoms with Crippen molar-refractivity contribution in [2.75, 3.05) is 47.0 Å². The molecule has 1 unspecified atom stereocenters. The molecule has 0 spiro atoms. The third kappa shape index (κ3) is 9.06. The van der Waals surface area contributed by atoms with Crippen LogP contribution in [0, 0.1) is 0 Å². The summed E-state index contributed by atoms with van der Waals surface area (Å²) in [5.41, 5.74) is -0.558. The number of ether oxygens (including phenoxy) is 2. The zero-order valence-electron chi connectivity index (χ0n) is 14.5. The number of hydrogen-bond donors (Lipinski definition) is 1. The zero-order valence-corrected chi connectivity index (χ0v) is 14.5. The third-order valence-corrected chi connectivity index (χ3v) is 3.63. The van der Waals surface area contributed by atoms with E-state index in [2.05, 4.69) is 24.2 Å². The quantitative estimate of drug-likeness (QED) is 0.417. The van der Waals surface area contributed by atoms with Crippen LogP contribution in [0.25, 0.3) is 0 Å². The van der Waals surface area contributed by atoms with Crippen molar-refractivity contribution in [1.29, 1.82) is 0 Å². The highest BCUT2D eigenvalue weighted by atomic mass is 16.5. The van der Waals surface area contributed by atoms with Gasteiger partial charge in [0.05, 0.1) is 13.2 Å². The van der Waals surface area contributed by atoms with Gasteiger partial charge < -0.3 is 19.7 Å². The van der Waals surface area contributed by atoms with Crippen LogP contribution in [0.3, 0.4) is 0 Å². The van der Waals surface area contributed by atoms with E-state index in [0.29, 0.717) is 6.61 Å². The van der Waals surface area contributed by atoms with Crippen LogP contribution in [0.1, 0.15) is 46.5 Å². The van der Waals surface area contributed by atoms with Gasteiger partial charge in [-0.25, -0.2) is 0 Å². The summed E-state index contributed by atoms with van der Waals surface area (Å²) < 4.78 is 10.3. The summed E-state index contributed by atoms with van der Waals surface area (Å²) >= 11 is 0. The number of unbranched alkanes of at least 4 members (excludes halogenated alkanes) is 1. The second kappa shape index (κ2) is 12.0. The maximum Gasteiger partial charge on any atom is 0.326 e. The van der Waals surface area contributed by atoms with Gasteiger partial charge in [-0.1, -0.05) is 6.92 Å². The average molecular weight is 302 g/mol. The molecular weight excluding hydrogens is 268 g/mol. The lowest BCUT2D eigenvalue weighted by molar-refractivity contribution is -0.150. The van der Waals surface area contributed by atoms with Gasteiger partial charge in [0.2, 0.25) is 0 Å². The Kier molecular flexibility index (Phi) is 11.6. The van der Waals surface area contributed by atoms with Gasteiger partial charge in [-0.3, -0.25) is 4.79 Å². The Labute approximate surface area is 130 Å². The summed E-state index contributed by atoms with van der Waals surface area (Å²) in [6.07, 6.45) is 3.89. The van der Waals surface area contributed by atoms with Crippen molar-refractivity contribution in [2.24, 2.45) is 0 Å². The first kappa shape index (κ1) is 20.3. The molecular formula is C16H34N2O3. The van der Waals surface area contributed by atoms with Crippen molar-refractivity contribution < 1.29 is 14.3 Å². The molecule has 0 saturated carbocycles. The Hall–Kier alpha value is -0.650. The highest BCUT2D eigenvalue weighted by molar-refractivity contribution is 5.80. The number of hydrogen-bond acceptors (Lipinski definition) is 5. The molecule has 5 nitrogen and oxygen atoms in total.